The Kier molecular flexibility index (Phi) is 5.97. The van der Waals surface area contributed by atoms with E-state index in [9.17, 15) is 4.79 Å². The van der Waals surface area contributed by atoms with E-state index in [1.54, 1.807) is 0 Å². The Morgan fingerprint density at radius 3 is 2.54 bits per heavy atom. The molecule has 3 heteroatoms. The van der Waals surface area contributed by atoms with E-state index in [0.717, 1.165) is 29.8 Å². The van der Waals surface area contributed by atoms with Crippen molar-refractivity contribution in [2.24, 2.45) is 0 Å². The van der Waals surface area contributed by atoms with E-state index in [1.807, 2.05) is 31.2 Å². The van der Waals surface area contributed by atoms with Gasteiger partial charge in [0.2, 0.25) is 0 Å². The van der Waals surface area contributed by atoms with E-state index < -0.39 is 6.10 Å². The van der Waals surface area contributed by atoms with Gasteiger partial charge in [0.25, 0.3) is 5.91 Å². The predicted octanol–water partition coefficient (Wildman–Crippen LogP) is 5.48. The molecule has 2 aromatic carbocycles. The summed E-state index contributed by atoms with van der Waals surface area (Å²) in [5.74, 6) is 1.07. The van der Waals surface area contributed by atoms with Crippen molar-refractivity contribution in [3.05, 3.63) is 59.2 Å². The van der Waals surface area contributed by atoms with Crippen LogP contribution in [-0.4, -0.2) is 12.0 Å². The fraction of sp³-hybridized carbons (Fsp3) is 0.435. The van der Waals surface area contributed by atoms with Crippen LogP contribution in [0.25, 0.3) is 0 Å². The van der Waals surface area contributed by atoms with E-state index in [1.165, 1.54) is 24.0 Å². The normalized spacial score (nSPS) is 14.6. The zero-order valence-electron chi connectivity index (χ0n) is 16.0. The fourth-order valence-electron chi connectivity index (χ4n) is 3.60. The quantitative estimate of drug-likeness (QED) is 0.748. The molecule has 0 unspecified atom stereocenters. The Labute approximate surface area is 156 Å². The molecule has 26 heavy (non-hydrogen) atoms. The van der Waals surface area contributed by atoms with Crippen LogP contribution in [0.4, 0.5) is 5.69 Å². The van der Waals surface area contributed by atoms with Crippen molar-refractivity contribution in [3.63, 3.8) is 0 Å². The first-order chi connectivity index (χ1) is 12.6. The van der Waals surface area contributed by atoms with Crippen molar-refractivity contribution in [3.8, 4) is 5.75 Å². The number of hydrogen-bond donors (Lipinski definition) is 1. The zero-order valence-corrected chi connectivity index (χ0v) is 16.0. The van der Waals surface area contributed by atoms with Gasteiger partial charge < -0.3 is 10.1 Å². The second kappa shape index (κ2) is 8.39. The van der Waals surface area contributed by atoms with E-state index in [0.29, 0.717) is 12.3 Å². The number of benzene rings is 2. The van der Waals surface area contributed by atoms with Crippen molar-refractivity contribution < 1.29 is 9.53 Å². The first-order valence-corrected chi connectivity index (χ1v) is 9.76. The first kappa shape index (κ1) is 18.5. The summed E-state index contributed by atoms with van der Waals surface area (Å²) in [6, 6.07) is 14.3. The number of para-hydroxylation sites is 1. The number of rotatable bonds is 6. The summed E-state index contributed by atoms with van der Waals surface area (Å²) in [6.45, 7) is 6.24. The molecule has 0 aromatic heterocycles. The summed E-state index contributed by atoms with van der Waals surface area (Å²) in [4.78, 5) is 12.8. The Hall–Kier alpha value is -2.29. The molecule has 0 saturated heterocycles. The van der Waals surface area contributed by atoms with Crippen molar-refractivity contribution >= 4 is 11.6 Å². The number of hydrogen-bond acceptors (Lipinski definition) is 2. The lowest BCUT2D eigenvalue weighted by Gasteiger charge is -2.21. The highest BCUT2D eigenvalue weighted by molar-refractivity contribution is 5.95. The minimum absolute atomic E-state index is 0.0849. The smallest absolute Gasteiger partial charge is 0.265 e. The average Bonchev–Trinajstić information content (AvgIpc) is 2.66. The van der Waals surface area contributed by atoms with Gasteiger partial charge >= 0.3 is 0 Å². The van der Waals surface area contributed by atoms with Gasteiger partial charge in [-0.05, 0) is 72.9 Å². The third-order valence-electron chi connectivity index (χ3n) is 5.10. The Bertz CT molecular complexity index is 767. The summed E-state index contributed by atoms with van der Waals surface area (Å²) in [7, 11) is 0. The second-order valence-corrected chi connectivity index (χ2v) is 7.38. The maximum Gasteiger partial charge on any atom is 0.265 e. The molecule has 1 N–H and O–H groups in total. The maximum atomic E-state index is 12.8. The molecule has 2 aromatic rings. The summed E-state index contributed by atoms with van der Waals surface area (Å²) >= 11 is 0. The molecule has 1 aliphatic rings. The van der Waals surface area contributed by atoms with Crippen molar-refractivity contribution in [2.75, 3.05) is 5.32 Å². The van der Waals surface area contributed by atoms with Crippen LogP contribution in [0.15, 0.2) is 42.5 Å². The van der Waals surface area contributed by atoms with Gasteiger partial charge in [-0.1, -0.05) is 45.0 Å². The lowest BCUT2D eigenvalue weighted by atomic mass is 9.92. The van der Waals surface area contributed by atoms with Crippen LogP contribution < -0.4 is 10.1 Å². The molecule has 3 rings (SSSR count). The molecule has 0 heterocycles. The summed E-state index contributed by atoms with van der Waals surface area (Å²) in [6.07, 6.45) is 4.91. The summed E-state index contributed by atoms with van der Waals surface area (Å²) < 4.78 is 6.05. The topological polar surface area (TPSA) is 38.3 Å². The third kappa shape index (κ3) is 4.27. The highest BCUT2D eigenvalue weighted by Crippen LogP contribution is 2.27. The highest BCUT2D eigenvalue weighted by atomic mass is 16.5. The second-order valence-electron chi connectivity index (χ2n) is 7.38. The molecule has 0 fully saturated rings. The van der Waals surface area contributed by atoms with Crippen molar-refractivity contribution in [2.45, 2.75) is 64.9 Å². The van der Waals surface area contributed by atoms with Crippen molar-refractivity contribution in [1.82, 2.24) is 0 Å². The van der Waals surface area contributed by atoms with E-state index >= 15 is 0 Å². The monoisotopic (exact) mass is 351 g/mol. The number of anilines is 1. The summed E-state index contributed by atoms with van der Waals surface area (Å²) in [5, 5.41) is 3.06. The number of aryl methyl sites for hydroxylation is 2. The third-order valence-corrected chi connectivity index (χ3v) is 5.10. The number of nitrogens with one attached hydrogen (secondary N) is 1. The van der Waals surface area contributed by atoms with E-state index in [-0.39, 0.29) is 5.91 Å². The molecule has 1 amide bonds. The van der Waals surface area contributed by atoms with Gasteiger partial charge in [-0.25, -0.2) is 0 Å². The van der Waals surface area contributed by atoms with Crippen LogP contribution in [-0.2, 0) is 17.6 Å². The Balaban J connectivity index is 1.72. The zero-order chi connectivity index (χ0) is 18.5. The van der Waals surface area contributed by atoms with Gasteiger partial charge in [-0.3, -0.25) is 4.79 Å². The molecule has 0 aliphatic heterocycles. The van der Waals surface area contributed by atoms with Crippen LogP contribution in [0.1, 0.15) is 62.6 Å². The number of carbonyl (C=O) groups is 1. The number of amides is 1. The number of fused-ring (bicyclic) bond motifs is 1. The Morgan fingerprint density at radius 1 is 1.08 bits per heavy atom. The van der Waals surface area contributed by atoms with Gasteiger partial charge in [0.1, 0.15) is 5.75 Å². The highest BCUT2D eigenvalue weighted by Gasteiger charge is 2.21. The molecular formula is C23H29NO2. The first-order valence-electron chi connectivity index (χ1n) is 9.76. The van der Waals surface area contributed by atoms with Gasteiger partial charge in [0.05, 0.1) is 0 Å². The van der Waals surface area contributed by atoms with Gasteiger partial charge in [0, 0.05) is 5.69 Å². The number of ether oxygens (including phenoxy) is 1. The molecule has 0 radical (unpaired) electrons. The van der Waals surface area contributed by atoms with Crippen molar-refractivity contribution in [1.29, 1.82) is 0 Å². The predicted molar refractivity (Wildman–Crippen MR) is 107 cm³/mol. The lowest BCUT2D eigenvalue weighted by Crippen LogP contribution is -2.32. The van der Waals surface area contributed by atoms with Gasteiger partial charge in [-0.15, -0.1) is 0 Å². The molecule has 1 aliphatic carbocycles. The molecule has 0 bridgehead atoms. The lowest BCUT2D eigenvalue weighted by molar-refractivity contribution is -0.122. The number of carbonyl (C=O) groups excluding carboxylic acids is 1. The molecular weight excluding hydrogens is 322 g/mol. The van der Waals surface area contributed by atoms with E-state index in [2.05, 4.69) is 37.4 Å². The minimum atomic E-state index is -0.489. The minimum Gasteiger partial charge on any atom is -0.481 e. The van der Waals surface area contributed by atoms with Crippen LogP contribution in [0.3, 0.4) is 0 Å². The van der Waals surface area contributed by atoms with Gasteiger partial charge in [-0.2, -0.15) is 0 Å². The molecule has 3 nitrogen and oxygen atoms in total. The maximum absolute atomic E-state index is 12.8. The Morgan fingerprint density at radius 2 is 1.81 bits per heavy atom. The van der Waals surface area contributed by atoms with E-state index in [4.69, 9.17) is 4.74 Å². The largest absolute Gasteiger partial charge is 0.481 e. The fourth-order valence-corrected chi connectivity index (χ4v) is 3.60. The molecule has 138 valence electrons. The SMILES string of the molecule is CC[C@H](Oc1ccc2c(c1)CCCC2)C(=O)Nc1ccccc1C(C)C. The average molecular weight is 351 g/mol. The standard InChI is InChI=1S/C23H29NO2/c1-4-22(23(25)24-21-12-8-7-11-20(21)16(2)3)26-19-14-13-17-9-5-6-10-18(17)15-19/h7-8,11-16,22H,4-6,9-10H2,1-3H3,(H,24,25)/t22-/m0/s1. The van der Waals surface area contributed by atoms with Crippen LogP contribution in [0.2, 0.25) is 0 Å². The van der Waals surface area contributed by atoms with Crippen LogP contribution in [0, 0.1) is 0 Å². The van der Waals surface area contributed by atoms with Crippen LogP contribution >= 0.6 is 0 Å². The summed E-state index contributed by atoms with van der Waals surface area (Å²) in [5.41, 5.74) is 4.81. The molecule has 0 spiro atoms. The van der Waals surface area contributed by atoms with Gasteiger partial charge in [0.15, 0.2) is 6.10 Å². The molecule has 0 saturated carbocycles. The molecule has 1 atom stereocenters. The van der Waals surface area contributed by atoms with Crippen LogP contribution in [0.5, 0.6) is 5.75 Å².